The summed E-state index contributed by atoms with van der Waals surface area (Å²) in [5.41, 5.74) is 0.281. The maximum absolute atomic E-state index is 11.4. The van der Waals surface area contributed by atoms with Gasteiger partial charge in [0.25, 0.3) is 0 Å². The van der Waals surface area contributed by atoms with Crippen molar-refractivity contribution in [2.75, 3.05) is 26.7 Å². The molecule has 2 fully saturated rings. The maximum Gasteiger partial charge on any atom is 0.223 e. The smallest absolute Gasteiger partial charge is 0.223 e. The highest BCUT2D eigenvalue weighted by Crippen LogP contribution is 2.41. The molecule has 3 heteroatoms. The number of likely N-dealkylation sites (tertiary alicyclic amines) is 1. The minimum atomic E-state index is 0.223. The van der Waals surface area contributed by atoms with Gasteiger partial charge in [0.2, 0.25) is 5.91 Å². The van der Waals surface area contributed by atoms with Crippen molar-refractivity contribution in [2.24, 2.45) is 11.3 Å². The number of amides is 1. The SMILES string of the molecule is CC1C(=O)NCC12CCN(C)CC2. The van der Waals surface area contributed by atoms with Crippen LogP contribution in [0.5, 0.6) is 0 Å². The van der Waals surface area contributed by atoms with Crippen molar-refractivity contribution in [3.05, 3.63) is 0 Å². The van der Waals surface area contributed by atoms with Gasteiger partial charge in [-0.2, -0.15) is 0 Å². The Morgan fingerprint density at radius 2 is 2.08 bits per heavy atom. The average Bonchev–Trinajstić information content (AvgIpc) is 2.40. The fourth-order valence-electron chi connectivity index (χ4n) is 2.52. The van der Waals surface area contributed by atoms with Gasteiger partial charge in [-0.15, -0.1) is 0 Å². The molecule has 2 aliphatic rings. The molecule has 1 N–H and O–H groups in total. The Labute approximate surface area is 79.5 Å². The maximum atomic E-state index is 11.4. The molecule has 0 aromatic carbocycles. The standard InChI is InChI=1S/C10H18N2O/c1-8-9(13)11-7-10(8)3-5-12(2)6-4-10/h8H,3-7H2,1-2H3,(H,11,13). The fraction of sp³-hybridized carbons (Fsp3) is 0.900. The van der Waals surface area contributed by atoms with Crippen molar-refractivity contribution in [1.82, 2.24) is 10.2 Å². The molecule has 3 nitrogen and oxygen atoms in total. The zero-order valence-electron chi connectivity index (χ0n) is 8.47. The summed E-state index contributed by atoms with van der Waals surface area (Å²) in [6, 6.07) is 0. The molecule has 2 aliphatic heterocycles. The first-order chi connectivity index (χ1) is 6.14. The summed E-state index contributed by atoms with van der Waals surface area (Å²) >= 11 is 0. The van der Waals surface area contributed by atoms with Crippen LogP contribution in [-0.4, -0.2) is 37.5 Å². The van der Waals surface area contributed by atoms with Crippen LogP contribution >= 0.6 is 0 Å². The first-order valence-electron chi connectivity index (χ1n) is 5.10. The third kappa shape index (κ3) is 1.35. The van der Waals surface area contributed by atoms with Crippen LogP contribution < -0.4 is 5.32 Å². The second-order valence-electron chi connectivity index (χ2n) is 4.61. The van der Waals surface area contributed by atoms with Gasteiger partial charge in [-0.3, -0.25) is 4.79 Å². The lowest BCUT2D eigenvalue weighted by Gasteiger charge is -2.39. The van der Waals surface area contributed by atoms with Crippen molar-refractivity contribution in [1.29, 1.82) is 0 Å². The third-order valence-electron chi connectivity index (χ3n) is 3.91. The molecule has 0 aromatic heterocycles. The molecule has 2 saturated heterocycles. The fourth-order valence-corrected chi connectivity index (χ4v) is 2.52. The molecule has 0 aromatic rings. The minimum absolute atomic E-state index is 0.223. The second kappa shape index (κ2) is 2.98. The van der Waals surface area contributed by atoms with Crippen molar-refractivity contribution < 1.29 is 4.79 Å². The van der Waals surface area contributed by atoms with E-state index in [9.17, 15) is 4.79 Å². The summed E-state index contributed by atoms with van der Waals surface area (Å²) < 4.78 is 0. The molecule has 0 saturated carbocycles. The van der Waals surface area contributed by atoms with Gasteiger partial charge in [0.15, 0.2) is 0 Å². The van der Waals surface area contributed by atoms with Gasteiger partial charge in [-0.1, -0.05) is 6.92 Å². The highest BCUT2D eigenvalue weighted by Gasteiger charge is 2.46. The van der Waals surface area contributed by atoms with E-state index in [0.29, 0.717) is 0 Å². The lowest BCUT2D eigenvalue weighted by Crippen LogP contribution is -2.42. The van der Waals surface area contributed by atoms with Gasteiger partial charge in [-0.25, -0.2) is 0 Å². The Bertz CT molecular complexity index is 219. The Morgan fingerprint density at radius 3 is 2.54 bits per heavy atom. The number of hydrogen-bond acceptors (Lipinski definition) is 2. The van der Waals surface area contributed by atoms with Gasteiger partial charge in [0.05, 0.1) is 0 Å². The first kappa shape index (κ1) is 9.00. The van der Waals surface area contributed by atoms with Gasteiger partial charge in [0.1, 0.15) is 0 Å². The molecule has 2 heterocycles. The molecule has 1 amide bonds. The van der Waals surface area contributed by atoms with Crippen molar-refractivity contribution >= 4 is 5.91 Å². The number of rotatable bonds is 0. The lowest BCUT2D eigenvalue weighted by atomic mass is 9.71. The summed E-state index contributed by atoms with van der Waals surface area (Å²) in [6.07, 6.45) is 2.34. The second-order valence-corrected chi connectivity index (χ2v) is 4.61. The average molecular weight is 182 g/mol. The lowest BCUT2D eigenvalue weighted by molar-refractivity contribution is -0.123. The van der Waals surface area contributed by atoms with Crippen molar-refractivity contribution in [3.8, 4) is 0 Å². The summed E-state index contributed by atoms with van der Waals surface area (Å²) in [6.45, 7) is 5.26. The van der Waals surface area contributed by atoms with E-state index in [2.05, 4.69) is 24.2 Å². The van der Waals surface area contributed by atoms with Gasteiger partial charge >= 0.3 is 0 Å². The van der Waals surface area contributed by atoms with E-state index < -0.39 is 0 Å². The topological polar surface area (TPSA) is 32.3 Å². The van der Waals surface area contributed by atoms with Crippen LogP contribution in [-0.2, 0) is 4.79 Å². The van der Waals surface area contributed by atoms with Crippen LogP contribution in [0.2, 0.25) is 0 Å². The van der Waals surface area contributed by atoms with E-state index in [1.807, 2.05) is 0 Å². The van der Waals surface area contributed by atoms with Crippen molar-refractivity contribution in [2.45, 2.75) is 19.8 Å². The predicted octanol–water partition coefficient (Wildman–Crippen LogP) is 0.464. The molecular formula is C10H18N2O. The number of carbonyl (C=O) groups excluding carboxylic acids is 1. The molecule has 0 radical (unpaired) electrons. The van der Waals surface area contributed by atoms with E-state index in [4.69, 9.17) is 0 Å². The normalized spacial score (nSPS) is 33.7. The minimum Gasteiger partial charge on any atom is -0.355 e. The van der Waals surface area contributed by atoms with Crippen molar-refractivity contribution in [3.63, 3.8) is 0 Å². The van der Waals surface area contributed by atoms with Gasteiger partial charge in [0, 0.05) is 17.9 Å². The first-order valence-corrected chi connectivity index (χ1v) is 5.10. The number of carbonyl (C=O) groups is 1. The quantitative estimate of drug-likeness (QED) is 0.590. The van der Waals surface area contributed by atoms with Crippen LogP contribution in [0.25, 0.3) is 0 Å². The van der Waals surface area contributed by atoms with Gasteiger partial charge in [-0.05, 0) is 33.0 Å². The van der Waals surface area contributed by atoms with Crippen LogP contribution in [0.15, 0.2) is 0 Å². The van der Waals surface area contributed by atoms with Crippen LogP contribution in [0, 0.1) is 11.3 Å². The zero-order chi connectivity index (χ0) is 9.47. The summed E-state index contributed by atoms with van der Waals surface area (Å²) in [7, 11) is 2.15. The van der Waals surface area contributed by atoms with E-state index in [-0.39, 0.29) is 17.2 Å². The molecule has 0 bridgehead atoms. The largest absolute Gasteiger partial charge is 0.355 e. The Morgan fingerprint density at radius 1 is 1.46 bits per heavy atom. The van der Waals surface area contributed by atoms with Crippen LogP contribution in [0.3, 0.4) is 0 Å². The zero-order valence-corrected chi connectivity index (χ0v) is 8.47. The van der Waals surface area contributed by atoms with Crippen LogP contribution in [0.4, 0.5) is 0 Å². The van der Waals surface area contributed by atoms with E-state index >= 15 is 0 Å². The molecule has 74 valence electrons. The Hall–Kier alpha value is -0.570. The molecule has 2 rings (SSSR count). The van der Waals surface area contributed by atoms with Crippen LogP contribution in [0.1, 0.15) is 19.8 Å². The summed E-state index contributed by atoms with van der Waals surface area (Å²) in [5.74, 6) is 0.478. The van der Waals surface area contributed by atoms with Gasteiger partial charge < -0.3 is 10.2 Å². The highest BCUT2D eigenvalue weighted by molar-refractivity contribution is 5.81. The van der Waals surface area contributed by atoms with E-state index in [1.54, 1.807) is 0 Å². The molecule has 1 unspecified atom stereocenters. The third-order valence-corrected chi connectivity index (χ3v) is 3.91. The molecule has 0 aliphatic carbocycles. The van der Waals surface area contributed by atoms with E-state index in [1.165, 1.54) is 12.8 Å². The number of nitrogens with zero attached hydrogens (tertiary/aromatic N) is 1. The van der Waals surface area contributed by atoms with E-state index in [0.717, 1.165) is 19.6 Å². The monoisotopic (exact) mass is 182 g/mol. The number of piperidine rings is 1. The molecule has 1 atom stereocenters. The summed E-state index contributed by atoms with van der Waals surface area (Å²) in [5, 5.41) is 2.99. The Balaban J connectivity index is 2.09. The Kier molecular flexibility index (Phi) is 2.06. The number of hydrogen-bond donors (Lipinski definition) is 1. The molecular weight excluding hydrogens is 164 g/mol. The molecule has 1 spiro atoms. The summed E-state index contributed by atoms with van der Waals surface area (Å²) in [4.78, 5) is 13.8. The number of nitrogens with one attached hydrogen (secondary N) is 1. The molecule has 13 heavy (non-hydrogen) atoms. The predicted molar refractivity (Wildman–Crippen MR) is 51.3 cm³/mol. The highest BCUT2D eigenvalue weighted by atomic mass is 16.2.